The van der Waals surface area contributed by atoms with Crippen LogP contribution in [0.15, 0.2) is 24.3 Å². The first kappa shape index (κ1) is 10.1. The van der Waals surface area contributed by atoms with Gasteiger partial charge in [-0.05, 0) is 17.7 Å². The maximum absolute atomic E-state index is 12.9. The second kappa shape index (κ2) is 3.98. The predicted molar refractivity (Wildman–Crippen MR) is 54.7 cm³/mol. The summed E-state index contributed by atoms with van der Waals surface area (Å²) in [6, 6.07) is 7.90. The van der Waals surface area contributed by atoms with Crippen molar-refractivity contribution in [3.63, 3.8) is 0 Å². The molecule has 1 aromatic heterocycles. The molecule has 0 saturated heterocycles. The van der Waals surface area contributed by atoms with Crippen molar-refractivity contribution in [1.29, 1.82) is 5.26 Å². The highest BCUT2D eigenvalue weighted by Crippen LogP contribution is 2.10. The Morgan fingerprint density at radius 2 is 2.31 bits per heavy atom. The fourth-order valence-corrected chi connectivity index (χ4v) is 1.33. The van der Waals surface area contributed by atoms with Crippen LogP contribution in [0.25, 0.3) is 0 Å². The molecule has 6 heteroatoms. The lowest BCUT2D eigenvalue weighted by atomic mass is 10.2. The van der Waals surface area contributed by atoms with E-state index < -0.39 is 0 Å². The molecule has 1 heterocycles. The summed E-state index contributed by atoms with van der Waals surface area (Å²) in [4.78, 5) is 0. The van der Waals surface area contributed by atoms with E-state index in [1.807, 2.05) is 6.07 Å². The summed E-state index contributed by atoms with van der Waals surface area (Å²) in [5.74, 6) is -0.136. The fourth-order valence-electron chi connectivity index (χ4n) is 1.33. The zero-order valence-corrected chi connectivity index (χ0v) is 8.26. The van der Waals surface area contributed by atoms with Crippen LogP contribution >= 0.6 is 0 Å². The topological polar surface area (TPSA) is 80.5 Å². The Morgan fingerprint density at radius 3 is 2.94 bits per heavy atom. The lowest BCUT2D eigenvalue weighted by molar-refractivity contribution is 0.616. The van der Waals surface area contributed by atoms with E-state index in [4.69, 9.17) is 11.0 Å². The fraction of sp³-hybridized carbons (Fsp3) is 0.100. The van der Waals surface area contributed by atoms with Crippen molar-refractivity contribution >= 4 is 5.82 Å². The third-order valence-electron chi connectivity index (χ3n) is 2.10. The monoisotopic (exact) mass is 217 g/mol. The molecule has 5 nitrogen and oxygen atoms in total. The van der Waals surface area contributed by atoms with Crippen LogP contribution < -0.4 is 5.73 Å². The Bertz CT molecular complexity index is 555. The molecular formula is C10H8FN5. The zero-order chi connectivity index (χ0) is 11.5. The smallest absolute Gasteiger partial charge is 0.206 e. The lowest BCUT2D eigenvalue weighted by Crippen LogP contribution is -2.06. The number of nitriles is 1. The van der Waals surface area contributed by atoms with Crippen LogP contribution in [-0.4, -0.2) is 15.0 Å². The van der Waals surface area contributed by atoms with Gasteiger partial charge in [-0.15, -0.1) is 5.10 Å². The van der Waals surface area contributed by atoms with Crippen molar-refractivity contribution in [3.8, 4) is 6.07 Å². The molecule has 0 aliphatic carbocycles. The van der Waals surface area contributed by atoms with Crippen LogP contribution in [0.3, 0.4) is 0 Å². The quantitative estimate of drug-likeness (QED) is 0.811. The molecule has 0 fully saturated rings. The molecule has 0 aliphatic heterocycles. The van der Waals surface area contributed by atoms with Crippen molar-refractivity contribution in [3.05, 3.63) is 41.3 Å². The van der Waals surface area contributed by atoms with Gasteiger partial charge in [-0.3, -0.25) is 0 Å². The Hall–Kier alpha value is -2.42. The molecule has 2 aromatic rings. The van der Waals surface area contributed by atoms with E-state index in [1.165, 1.54) is 16.8 Å². The second-order valence-electron chi connectivity index (χ2n) is 3.22. The van der Waals surface area contributed by atoms with E-state index >= 15 is 0 Å². The molecule has 0 bridgehead atoms. The minimum absolute atomic E-state index is 0.0800. The van der Waals surface area contributed by atoms with Gasteiger partial charge in [0.15, 0.2) is 5.82 Å². The van der Waals surface area contributed by atoms with E-state index in [2.05, 4.69) is 10.3 Å². The lowest BCUT2D eigenvalue weighted by Gasteiger charge is -2.02. The van der Waals surface area contributed by atoms with E-state index in [0.717, 1.165) is 0 Å². The van der Waals surface area contributed by atoms with Crippen LogP contribution in [0.1, 0.15) is 11.3 Å². The summed E-state index contributed by atoms with van der Waals surface area (Å²) in [7, 11) is 0. The Morgan fingerprint density at radius 1 is 1.50 bits per heavy atom. The van der Waals surface area contributed by atoms with E-state index in [9.17, 15) is 4.39 Å². The highest BCUT2D eigenvalue weighted by molar-refractivity contribution is 5.42. The molecule has 0 unspecified atom stereocenters. The van der Waals surface area contributed by atoms with Gasteiger partial charge >= 0.3 is 0 Å². The normalized spacial score (nSPS) is 10.0. The van der Waals surface area contributed by atoms with Crippen molar-refractivity contribution in [2.24, 2.45) is 0 Å². The standard InChI is InChI=1S/C10H8FN5/c11-8-3-1-2-7(4-8)6-16-10(13)9(5-12)14-15-16/h1-4H,6,13H2. The first-order valence-corrected chi connectivity index (χ1v) is 4.54. The number of aromatic nitrogens is 3. The van der Waals surface area contributed by atoms with Gasteiger partial charge < -0.3 is 5.73 Å². The maximum Gasteiger partial charge on any atom is 0.206 e. The van der Waals surface area contributed by atoms with Crippen molar-refractivity contribution in [2.75, 3.05) is 5.73 Å². The van der Waals surface area contributed by atoms with Gasteiger partial charge in [-0.25, -0.2) is 9.07 Å². The first-order chi connectivity index (χ1) is 7.70. The number of hydrogen-bond donors (Lipinski definition) is 1. The molecule has 0 amide bonds. The number of nitrogens with two attached hydrogens (primary N) is 1. The van der Waals surface area contributed by atoms with Gasteiger partial charge in [0.25, 0.3) is 0 Å². The van der Waals surface area contributed by atoms with Gasteiger partial charge in [0.05, 0.1) is 6.54 Å². The number of halogens is 1. The second-order valence-corrected chi connectivity index (χ2v) is 3.22. The SMILES string of the molecule is N#Cc1nnn(Cc2cccc(F)c2)c1N. The Kier molecular flexibility index (Phi) is 2.52. The number of anilines is 1. The Balaban J connectivity index is 2.28. The summed E-state index contributed by atoms with van der Waals surface area (Å²) in [6.07, 6.45) is 0. The minimum atomic E-state index is -0.323. The number of rotatable bonds is 2. The van der Waals surface area contributed by atoms with Gasteiger partial charge in [-0.1, -0.05) is 17.3 Å². The number of nitrogens with zero attached hydrogens (tertiary/aromatic N) is 4. The van der Waals surface area contributed by atoms with Gasteiger partial charge in [0.1, 0.15) is 11.9 Å². The molecule has 0 radical (unpaired) electrons. The zero-order valence-electron chi connectivity index (χ0n) is 8.26. The van der Waals surface area contributed by atoms with Crippen LogP contribution in [-0.2, 0) is 6.54 Å². The summed E-state index contributed by atoms with van der Waals surface area (Å²) < 4.78 is 14.3. The van der Waals surface area contributed by atoms with E-state index in [0.29, 0.717) is 5.56 Å². The number of benzene rings is 1. The molecule has 2 N–H and O–H groups in total. The third-order valence-corrected chi connectivity index (χ3v) is 2.10. The van der Waals surface area contributed by atoms with Gasteiger partial charge in [-0.2, -0.15) is 5.26 Å². The molecule has 0 aliphatic rings. The van der Waals surface area contributed by atoms with E-state index in [-0.39, 0.29) is 23.9 Å². The highest BCUT2D eigenvalue weighted by Gasteiger charge is 2.08. The summed E-state index contributed by atoms with van der Waals surface area (Å²) in [5.41, 5.74) is 6.41. The van der Waals surface area contributed by atoms with E-state index in [1.54, 1.807) is 12.1 Å². The van der Waals surface area contributed by atoms with Crippen LogP contribution in [0.5, 0.6) is 0 Å². The highest BCUT2D eigenvalue weighted by atomic mass is 19.1. The third kappa shape index (κ3) is 1.83. The Labute approximate surface area is 90.9 Å². The molecule has 80 valence electrons. The molecule has 2 rings (SSSR count). The van der Waals surface area contributed by atoms with Crippen LogP contribution in [0.4, 0.5) is 10.2 Å². The molecule has 0 atom stereocenters. The van der Waals surface area contributed by atoms with Crippen LogP contribution in [0, 0.1) is 17.1 Å². The molecule has 1 aromatic carbocycles. The average Bonchev–Trinajstić information content (AvgIpc) is 2.60. The summed E-state index contributed by atoms with van der Waals surface area (Å²) >= 11 is 0. The van der Waals surface area contributed by atoms with Crippen molar-refractivity contribution in [2.45, 2.75) is 6.54 Å². The molecule has 16 heavy (non-hydrogen) atoms. The van der Waals surface area contributed by atoms with Gasteiger partial charge in [0, 0.05) is 0 Å². The summed E-state index contributed by atoms with van der Waals surface area (Å²) in [5, 5.41) is 15.9. The van der Waals surface area contributed by atoms with Crippen molar-refractivity contribution < 1.29 is 4.39 Å². The predicted octanol–water partition coefficient (Wildman–Crippen LogP) is 0.919. The number of nitrogen functional groups attached to an aromatic ring is 1. The van der Waals surface area contributed by atoms with Crippen molar-refractivity contribution in [1.82, 2.24) is 15.0 Å². The number of hydrogen-bond acceptors (Lipinski definition) is 4. The molecule has 0 saturated carbocycles. The maximum atomic E-state index is 12.9. The first-order valence-electron chi connectivity index (χ1n) is 4.54. The van der Waals surface area contributed by atoms with Gasteiger partial charge in [0.2, 0.25) is 5.69 Å². The average molecular weight is 217 g/mol. The molecule has 0 spiro atoms. The summed E-state index contributed by atoms with van der Waals surface area (Å²) in [6.45, 7) is 0.290. The van der Waals surface area contributed by atoms with Crippen LogP contribution in [0.2, 0.25) is 0 Å². The molecular weight excluding hydrogens is 209 g/mol. The largest absolute Gasteiger partial charge is 0.381 e. The minimum Gasteiger partial charge on any atom is -0.381 e.